The maximum absolute atomic E-state index is 12.3. The fraction of sp³-hybridized carbons (Fsp3) is 0.167. The molecule has 1 unspecified atom stereocenters. The van der Waals surface area contributed by atoms with E-state index in [2.05, 4.69) is 16.0 Å². The highest BCUT2D eigenvalue weighted by Crippen LogP contribution is 2.25. The minimum Gasteiger partial charge on any atom is -0.340 e. The molecule has 2 aromatic rings. The summed E-state index contributed by atoms with van der Waals surface area (Å²) >= 11 is 11.8. The summed E-state index contributed by atoms with van der Waals surface area (Å²) in [5.74, 6) is -1.04. The number of carbonyl (C=O) groups is 3. The number of amides is 3. The van der Waals surface area contributed by atoms with Crippen molar-refractivity contribution in [1.82, 2.24) is 5.32 Å². The maximum atomic E-state index is 12.3. The molecule has 1 aliphatic rings. The second-order valence-electron chi connectivity index (χ2n) is 5.77. The van der Waals surface area contributed by atoms with Crippen molar-refractivity contribution in [1.29, 1.82) is 0 Å². The summed E-state index contributed by atoms with van der Waals surface area (Å²) in [6, 6.07) is 10.7. The summed E-state index contributed by atoms with van der Waals surface area (Å²) in [6.45, 7) is 0. The second-order valence-corrected chi connectivity index (χ2v) is 6.62. The first-order valence-corrected chi connectivity index (χ1v) is 8.65. The van der Waals surface area contributed by atoms with E-state index in [1.807, 2.05) is 0 Å². The third-order valence-corrected chi connectivity index (χ3v) is 4.46. The second kappa shape index (κ2) is 7.76. The van der Waals surface area contributed by atoms with E-state index in [4.69, 9.17) is 23.2 Å². The number of hydrogen-bond acceptors (Lipinski definition) is 3. The van der Waals surface area contributed by atoms with Crippen molar-refractivity contribution in [3.63, 3.8) is 0 Å². The normalized spacial score (nSPS) is 16.2. The van der Waals surface area contributed by atoms with Crippen LogP contribution in [0.4, 0.5) is 11.4 Å². The van der Waals surface area contributed by atoms with Gasteiger partial charge >= 0.3 is 0 Å². The molecule has 1 aliphatic heterocycles. The first kappa shape index (κ1) is 18.2. The Balaban J connectivity index is 1.61. The van der Waals surface area contributed by atoms with Gasteiger partial charge in [0, 0.05) is 11.4 Å². The summed E-state index contributed by atoms with van der Waals surface area (Å²) in [4.78, 5) is 36.7. The van der Waals surface area contributed by atoms with Crippen molar-refractivity contribution >= 4 is 52.3 Å². The van der Waals surface area contributed by atoms with Crippen LogP contribution in [-0.4, -0.2) is 23.8 Å². The summed E-state index contributed by atoms with van der Waals surface area (Å²) < 4.78 is 0. The molecule has 3 N–H and O–H groups in total. The van der Waals surface area contributed by atoms with Crippen molar-refractivity contribution in [2.24, 2.45) is 0 Å². The molecule has 6 nitrogen and oxygen atoms in total. The standard InChI is InChI=1S/C18H15Cl2N3O3/c19-10-5-6-14(12(20)9-10)21-16(24)8-7-15-18(26)22-13-4-2-1-3-11(13)17(25)23-15/h1-6,9,15H,7-8H2,(H,21,24)(H,22,26)(H,23,25). The highest BCUT2D eigenvalue weighted by atomic mass is 35.5. The number of carbonyl (C=O) groups excluding carboxylic acids is 3. The van der Waals surface area contributed by atoms with Gasteiger partial charge in [-0.2, -0.15) is 0 Å². The number of anilines is 2. The van der Waals surface area contributed by atoms with Crippen LogP contribution in [0.5, 0.6) is 0 Å². The van der Waals surface area contributed by atoms with Gasteiger partial charge in [-0.15, -0.1) is 0 Å². The number of benzene rings is 2. The topological polar surface area (TPSA) is 87.3 Å². The van der Waals surface area contributed by atoms with Crippen molar-refractivity contribution in [3.8, 4) is 0 Å². The molecule has 134 valence electrons. The molecular formula is C18H15Cl2N3O3. The van der Waals surface area contributed by atoms with Gasteiger partial charge in [-0.1, -0.05) is 35.3 Å². The van der Waals surface area contributed by atoms with Crippen LogP contribution in [0.2, 0.25) is 10.0 Å². The number of halogens is 2. The Morgan fingerprint density at radius 1 is 1.12 bits per heavy atom. The number of nitrogens with one attached hydrogen (secondary N) is 3. The van der Waals surface area contributed by atoms with Gasteiger partial charge in [0.25, 0.3) is 5.91 Å². The van der Waals surface area contributed by atoms with Crippen LogP contribution >= 0.6 is 23.2 Å². The van der Waals surface area contributed by atoms with E-state index in [-0.39, 0.29) is 30.6 Å². The SMILES string of the molecule is O=C(CCC1NC(=O)c2ccccc2NC1=O)Nc1ccc(Cl)cc1Cl. The molecule has 3 amide bonds. The first-order chi connectivity index (χ1) is 12.4. The van der Waals surface area contributed by atoms with Crippen LogP contribution in [0, 0.1) is 0 Å². The zero-order valence-corrected chi connectivity index (χ0v) is 15.0. The van der Waals surface area contributed by atoms with Crippen molar-refractivity contribution in [2.45, 2.75) is 18.9 Å². The smallest absolute Gasteiger partial charge is 0.254 e. The Morgan fingerprint density at radius 2 is 1.88 bits per heavy atom. The Hall–Kier alpha value is -2.57. The maximum Gasteiger partial charge on any atom is 0.254 e. The van der Waals surface area contributed by atoms with Gasteiger partial charge < -0.3 is 16.0 Å². The van der Waals surface area contributed by atoms with Crippen LogP contribution in [0.1, 0.15) is 23.2 Å². The molecular weight excluding hydrogens is 377 g/mol. The molecule has 0 radical (unpaired) electrons. The summed E-state index contributed by atoms with van der Waals surface area (Å²) in [7, 11) is 0. The molecule has 0 saturated heterocycles. The van der Waals surface area contributed by atoms with Crippen molar-refractivity contribution in [3.05, 3.63) is 58.1 Å². The number of para-hydroxylation sites is 1. The molecule has 2 aromatic carbocycles. The Labute approximate surface area is 159 Å². The lowest BCUT2D eigenvalue weighted by atomic mass is 10.1. The largest absolute Gasteiger partial charge is 0.340 e. The lowest BCUT2D eigenvalue weighted by molar-refractivity contribution is -0.118. The van der Waals surface area contributed by atoms with Crippen molar-refractivity contribution < 1.29 is 14.4 Å². The fourth-order valence-corrected chi connectivity index (χ4v) is 3.05. The van der Waals surface area contributed by atoms with Crippen LogP contribution < -0.4 is 16.0 Å². The molecule has 0 saturated carbocycles. The van der Waals surface area contributed by atoms with E-state index in [1.54, 1.807) is 36.4 Å². The summed E-state index contributed by atoms with van der Waals surface area (Å²) in [5, 5.41) is 8.80. The molecule has 1 atom stereocenters. The van der Waals surface area contributed by atoms with E-state index >= 15 is 0 Å². The minimum atomic E-state index is -0.804. The first-order valence-electron chi connectivity index (χ1n) is 7.89. The predicted molar refractivity (Wildman–Crippen MR) is 101 cm³/mol. The van der Waals surface area contributed by atoms with Gasteiger partial charge in [-0.05, 0) is 36.8 Å². The Kier molecular flexibility index (Phi) is 5.44. The Morgan fingerprint density at radius 3 is 2.65 bits per heavy atom. The lowest BCUT2D eigenvalue weighted by Crippen LogP contribution is -2.41. The van der Waals surface area contributed by atoms with Gasteiger partial charge in [0.05, 0.1) is 22.0 Å². The molecule has 3 rings (SSSR count). The molecule has 0 spiro atoms. The van der Waals surface area contributed by atoms with Gasteiger partial charge in [-0.3, -0.25) is 14.4 Å². The average molecular weight is 392 g/mol. The third kappa shape index (κ3) is 4.15. The molecule has 0 fully saturated rings. The van der Waals surface area contributed by atoms with E-state index < -0.39 is 6.04 Å². The number of hydrogen-bond donors (Lipinski definition) is 3. The zero-order valence-electron chi connectivity index (χ0n) is 13.5. The molecule has 0 aromatic heterocycles. The van der Waals surface area contributed by atoms with Crippen LogP contribution in [0.15, 0.2) is 42.5 Å². The van der Waals surface area contributed by atoms with E-state index in [0.29, 0.717) is 27.0 Å². The highest BCUT2D eigenvalue weighted by Gasteiger charge is 2.27. The zero-order chi connectivity index (χ0) is 18.7. The molecule has 8 heteroatoms. The summed E-state index contributed by atoms with van der Waals surface area (Å²) in [5.41, 5.74) is 1.28. The minimum absolute atomic E-state index is 0.0354. The van der Waals surface area contributed by atoms with Gasteiger partial charge in [0.1, 0.15) is 6.04 Å². The van der Waals surface area contributed by atoms with Crippen molar-refractivity contribution in [2.75, 3.05) is 10.6 Å². The Bertz CT molecular complexity index is 886. The average Bonchev–Trinajstić information content (AvgIpc) is 2.72. The monoisotopic (exact) mass is 391 g/mol. The van der Waals surface area contributed by atoms with Gasteiger partial charge in [0.2, 0.25) is 11.8 Å². The van der Waals surface area contributed by atoms with Crippen LogP contribution in [0.25, 0.3) is 0 Å². The summed E-state index contributed by atoms with van der Waals surface area (Å²) in [6.07, 6.45) is 0.191. The molecule has 1 heterocycles. The van der Waals surface area contributed by atoms with E-state index in [0.717, 1.165) is 0 Å². The lowest BCUT2D eigenvalue weighted by Gasteiger charge is -2.14. The molecule has 26 heavy (non-hydrogen) atoms. The predicted octanol–water partition coefficient (Wildman–Crippen LogP) is 3.46. The third-order valence-electron chi connectivity index (χ3n) is 3.92. The van der Waals surface area contributed by atoms with Gasteiger partial charge in [0.15, 0.2) is 0 Å². The van der Waals surface area contributed by atoms with Crippen LogP contribution in [0.3, 0.4) is 0 Å². The fourth-order valence-electron chi connectivity index (χ4n) is 2.59. The van der Waals surface area contributed by atoms with Crippen LogP contribution in [-0.2, 0) is 9.59 Å². The number of rotatable bonds is 4. The molecule has 0 bridgehead atoms. The van der Waals surface area contributed by atoms with Gasteiger partial charge in [-0.25, -0.2) is 0 Å². The molecule has 0 aliphatic carbocycles. The van der Waals surface area contributed by atoms with E-state index in [9.17, 15) is 14.4 Å². The highest BCUT2D eigenvalue weighted by molar-refractivity contribution is 6.36. The number of fused-ring (bicyclic) bond motifs is 1. The quantitative estimate of drug-likeness (QED) is 0.745. The van der Waals surface area contributed by atoms with E-state index in [1.165, 1.54) is 6.07 Å².